The van der Waals surface area contributed by atoms with Crippen LogP contribution in [-0.2, 0) is 0 Å². The highest BCUT2D eigenvalue weighted by Crippen LogP contribution is 2.22. The maximum Gasteiger partial charge on any atom is 0.103 e. The maximum absolute atomic E-state index is 9.33. The summed E-state index contributed by atoms with van der Waals surface area (Å²) < 4.78 is 0. The summed E-state index contributed by atoms with van der Waals surface area (Å²) in [5.41, 5.74) is 2.05. The van der Waals surface area contributed by atoms with Crippen LogP contribution >= 0.6 is 0 Å². The van der Waals surface area contributed by atoms with Gasteiger partial charge in [0, 0.05) is 18.7 Å². The van der Waals surface area contributed by atoms with Crippen molar-refractivity contribution in [3.05, 3.63) is 42.2 Å². The second-order valence-corrected chi connectivity index (χ2v) is 3.93. The number of hydrogen-bond acceptors (Lipinski definition) is 2. The molecule has 1 aliphatic heterocycles. The van der Waals surface area contributed by atoms with Crippen molar-refractivity contribution < 1.29 is 5.11 Å². The lowest BCUT2D eigenvalue weighted by atomic mass is 10.1. The van der Waals surface area contributed by atoms with Gasteiger partial charge in [0.1, 0.15) is 6.26 Å². The third-order valence-corrected chi connectivity index (χ3v) is 2.89. The van der Waals surface area contributed by atoms with Gasteiger partial charge in [0.15, 0.2) is 0 Å². The zero-order chi connectivity index (χ0) is 10.5. The van der Waals surface area contributed by atoms with E-state index in [-0.39, 0.29) is 0 Å². The van der Waals surface area contributed by atoms with Crippen LogP contribution in [0.3, 0.4) is 0 Å². The van der Waals surface area contributed by atoms with Gasteiger partial charge in [-0.15, -0.1) is 0 Å². The number of likely N-dealkylation sites (tertiary alicyclic amines) is 1. The fourth-order valence-corrected chi connectivity index (χ4v) is 2.08. The Bertz CT molecular complexity index is 326. The van der Waals surface area contributed by atoms with Gasteiger partial charge in [0.05, 0.1) is 5.70 Å². The van der Waals surface area contributed by atoms with E-state index in [0.29, 0.717) is 0 Å². The zero-order valence-corrected chi connectivity index (χ0v) is 8.89. The molecule has 15 heavy (non-hydrogen) atoms. The van der Waals surface area contributed by atoms with Crippen molar-refractivity contribution in [2.45, 2.75) is 19.3 Å². The zero-order valence-electron chi connectivity index (χ0n) is 8.89. The summed E-state index contributed by atoms with van der Waals surface area (Å²) in [7, 11) is 0. The first kappa shape index (κ1) is 10.1. The molecule has 0 bridgehead atoms. The maximum atomic E-state index is 9.33. The third-order valence-electron chi connectivity index (χ3n) is 2.89. The normalized spacial score (nSPS) is 17.9. The molecule has 2 heteroatoms. The monoisotopic (exact) mass is 203 g/mol. The van der Waals surface area contributed by atoms with Crippen LogP contribution in [0.5, 0.6) is 0 Å². The molecule has 0 radical (unpaired) electrons. The number of aliphatic hydroxyl groups is 1. The highest BCUT2D eigenvalue weighted by molar-refractivity contribution is 5.62. The average molecular weight is 203 g/mol. The first-order valence-corrected chi connectivity index (χ1v) is 5.56. The van der Waals surface area contributed by atoms with Crippen LogP contribution in [0.2, 0.25) is 0 Å². The Morgan fingerprint density at radius 3 is 2.33 bits per heavy atom. The van der Waals surface area contributed by atoms with Crippen molar-refractivity contribution in [2.24, 2.45) is 0 Å². The molecule has 0 unspecified atom stereocenters. The molecule has 2 nitrogen and oxygen atoms in total. The Hall–Kier alpha value is -1.44. The summed E-state index contributed by atoms with van der Waals surface area (Å²) in [6, 6.07) is 10.1. The summed E-state index contributed by atoms with van der Waals surface area (Å²) in [5, 5.41) is 9.33. The lowest BCUT2D eigenvalue weighted by Gasteiger charge is -2.30. The molecule has 0 saturated carbocycles. The fourth-order valence-electron chi connectivity index (χ4n) is 2.08. The molecule has 2 rings (SSSR count). The van der Waals surface area contributed by atoms with Crippen LogP contribution in [0, 0.1) is 0 Å². The second-order valence-electron chi connectivity index (χ2n) is 3.93. The van der Waals surface area contributed by atoms with E-state index in [1.807, 2.05) is 30.3 Å². The van der Waals surface area contributed by atoms with Crippen LogP contribution in [0.25, 0.3) is 5.70 Å². The van der Waals surface area contributed by atoms with E-state index in [2.05, 4.69) is 4.90 Å². The molecule has 0 amide bonds. The summed E-state index contributed by atoms with van der Waals surface area (Å²) in [4.78, 5) is 2.26. The van der Waals surface area contributed by atoms with E-state index in [4.69, 9.17) is 0 Å². The lowest BCUT2D eigenvalue weighted by molar-refractivity contribution is 0.317. The number of nitrogens with zero attached hydrogens (tertiary/aromatic N) is 1. The van der Waals surface area contributed by atoms with Crippen LogP contribution in [-0.4, -0.2) is 23.1 Å². The van der Waals surface area contributed by atoms with Crippen molar-refractivity contribution in [1.29, 1.82) is 0 Å². The smallest absolute Gasteiger partial charge is 0.103 e. The van der Waals surface area contributed by atoms with Crippen molar-refractivity contribution in [3.8, 4) is 0 Å². The summed E-state index contributed by atoms with van der Waals surface area (Å²) >= 11 is 0. The van der Waals surface area contributed by atoms with E-state index in [1.165, 1.54) is 25.5 Å². The molecule has 1 aromatic carbocycles. The number of aliphatic hydroxyl groups excluding tert-OH is 1. The highest BCUT2D eigenvalue weighted by Gasteiger charge is 2.14. The minimum Gasteiger partial charge on any atom is -0.513 e. The summed E-state index contributed by atoms with van der Waals surface area (Å²) in [5.74, 6) is 0. The quantitative estimate of drug-likeness (QED) is 0.747. The van der Waals surface area contributed by atoms with E-state index in [1.54, 1.807) is 0 Å². The molecular weight excluding hydrogens is 186 g/mol. The molecule has 1 N–H and O–H groups in total. The first-order chi connectivity index (χ1) is 7.42. The molecule has 80 valence electrons. The molecule has 0 spiro atoms. The van der Waals surface area contributed by atoms with Gasteiger partial charge in [0.25, 0.3) is 0 Å². The largest absolute Gasteiger partial charge is 0.513 e. The Morgan fingerprint density at radius 2 is 1.73 bits per heavy atom. The molecule has 1 aliphatic rings. The molecular formula is C13H17NO. The fraction of sp³-hybridized carbons (Fsp3) is 0.385. The number of benzene rings is 1. The summed E-state index contributed by atoms with van der Waals surface area (Å²) in [6.45, 7) is 2.11. The van der Waals surface area contributed by atoms with Gasteiger partial charge in [-0.25, -0.2) is 0 Å². The van der Waals surface area contributed by atoms with Gasteiger partial charge in [-0.1, -0.05) is 30.3 Å². The standard InChI is InChI=1S/C13H17NO/c15-11-13(12-7-3-1-4-8-12)14-9-5-2-6-10-14/h1,3-4,7-8,11,15H,2,5-6,9-10H2. The van der Waals surface area contributed by atoms with Gasteiger partial charge >= 0.3 is 0 Å². The molecule has 0 aromatic heterocycles. The SMILES string of the molecule is OC=C(c1ccccc1)N1CCCCC1. The van der Waals surface area contributed by atoms with Crippen molar-refractivity contribution in [3.63, 3.8) is 0 Å². The van der Waals surface area contributed by atoms with E-state index >= 15 is 0 Å². The van der Waals surface area contributed by atoms with E-state index in [9.17, 15) is 5.11 Å². The van der Waals surface area contributed by atoms with Crippen LogP contribution in [0.1, 0.15) is 24.8 Å². The van der Waals surface area contributed by atoms with Gasteiger partial charge in [-0.05, 0) is 19.3 Å². The molecule has 0 aliphatic carbocycles. The van der Waals surface area contributed by atoms with Gasteiger partial charge < -0.3 is 10.0 Å². The average Bonchev–Trinajstić information content (AvgIpc) is 2.33. The van der Waals surface area contributed by atoms with Crippen LogP contribution in [0.4, 0.5) is 0 Å². The second kappa shape index (κ2) is 4.87. The Labute approximate surface area is 90.8 Å². The number of hydrogen-bond donors (Lipinski definition) is 1. The van der Waals surface area contributed by atoms with Gasteiger partial charge in [-0.3, -0.25) is 0 Å². The molecule has 1 heterocycles. The lowest BCUT2D eigenvalue weighted by Crippen LogP contribution is -2.28. The van der Waals surface area contributed by atoms with Gasteiger partial charge in [-0.2, -0.15) is 0 Å². The number of piperidine rings is 1. The Kier molecular flexibility index (Phi) is 3.28. The Morgan fingerprint density at radius 1 is 1.07 bits per heavy atom. The predicted octanol–water partition coefficient (Wildman–Crippen LogP) is 3.03. The highest BCUT2D eigenvalue weighted by atomic mass is 16.2. The molecule has 1 saturated heterocycles. The van der Waals surface area contributed by atoms with Crippen molar-refractivity contribution in [2.75, 3.05) is 13.1 Å². The minimum absolute atomic E-state index is 0.954. The minimum atomic E-state index is 0.954. The Balaban J connectivity index is 2.17. The van der Waals surface area contributed by atoms with Crippen LogP contribution < -0.4 is 0 Å². The molecule has 0 atom stereocenters. The molecule has 1 aromatic rings. The van der Waals surface area contributed by atoms with E-state index < -0.39 is 0 Å². The first-order valence-electron chi connectivity index (χ1n) is 5.56. The third kappa shape index (κ3) is 2.32. The van der Waals surface area contributed by atoms with Gasteiger partial charge in [0.2, 0.25) is 0 Å². The summed E-state index contributed by atoms with van der Waals surface area (Å²) in [6.07, 6.45) is 5.00. The van der Waals surface area contributed by atoms with Crippen molar-refractivity contribution in [1.82, 2.24) is 4.90 Å². The molecule has 1 fully saturated rings. The van der Waals surface area contributed by atoms with E-state index in [0.717, 1.165) is 24.4 Å². The number of rotatable bonds is 2. The topological polar surface area (TPSA) is 23.5 Å². The van der Waals surface area contributed by atoms with Crippen LogP contribution in [0.15, 0.2) is 36.6 Å². The predicted molar refractivity (Wildman–Crippen MR) is 62.5 cm³/mol. The van der Waals surface area contributed by atoms with Crippen molar-refractivity contribution >= 4 is 5.70 Å².